The molecule has 0 spiro atoms. The molecule has 7 heteroatoms. The van der Waals surface area contributed by atoms with E-state index >= 15 is 0 Å². The molecule has 2 amide bonds. The normalized spacial score (nSPS) is 12.4. The molecule has 0 radical (unpaired) electrons. The lowest BCUT2D eigenvalue weighted by Crippen LogP contribution is -2.47. The highest BCUT2D eigenvalue weighted by molar-refractivity contribution is 7.85. The number of rotatable bonds is 14. The van der Waals surface area contributed by atoms with E-state index in [4.69, 9.17) is 0 Å². The number of nitrogens with zero attached hydrogens (tertiary/aromatic N) is 3. The fourth-order valence-electron chi connectivity index (χ4n) is 2.97. The van der Waals surface area contributed by atoms with Crippen LogP contribution in [0.4, 0.5) is 4.79 Å². The van der Waals surface area contributed by atoms with Crippen LogP contribution in [0.3, 0.4) is 0 Å². The Balaban J connectivity index is 2.61. The van der Waals surface area contributed by atoms with E-state index < -0.39 is 10.8 Å². The average molecular weight is 411 g/mol. The molecule has 1 aromatic rings. The molecule has 28 heavy (non-hydrogen) atoms. The summed E-state index contributed by atoms with van der Waals surface area (Å²) in [5, 5.41) is 3.03. The molecule has 1 rings (SSSR count). The van der Waals surface area contributed by atoms with Crippen LogP contribution in [0.1, 0.15) is 27.7 Å². The van der Waals surface area contributed by atoms with Gasteiger partial charge in [0.15, 0.2) is 0 Å². The Bertz CT molecular complexity index is 563. The Labute approximate surface area is 173 Å². The molecule has 0 aromatic heterocycles. The van der Waals surface area contributed by atoms with Gasteiger partial charge in [0, 0.05) is 43.4 Å². The van der Waals surface area contributed by atoms with Crippen LogP contribution in [0.2, 0.25) is 0 Å². The van der Waals surface area contributed by atoms with Crippen molar-refractivity contribution in [2.24, 2.45) is 0 Å². The second-order valence-electron chi connectivity index (χ2n) is 6.64. The van der Waals surface area contributed by atoms with E-state index in [0.717, 1.165) is 44.2 Å². The van der Waals surface area contributed by atoms with E-state index in [2.05, 4.69) is 42.8 Å². The van der Waals surface area contributed by atoms with Crippen molar-refractivity contribution < 1.29 is 9.00 Å². The van der Waals surface area contributed by atoms with Gasteiger partial charge in [0.05, 0.1) is 10.8 Å². The van der Waals surface area contributed by atoms with Crippen molar-refractivity contribution in [1.82, 2.24) is 20.0 Å². The SMILES string of the molecule is CCN(CC)CCNC(=O)N(CCN(CC)CC)CCS(=O)c1ccccc1. The summed E-state index contributed by atoms with van der Waals surface area (Å²) in [6.07, 6.45) is 0. The van der Waals surface area contributed by atoms with Crippen molar-refractivity contribution in [3.63, 3.8) is 0 Å². The van der Waals surface area contributed by atoms with Crippen LogP contribution in [-0.2, 0) is 10.8 Å². The fourth-order valence-corrected chi connectivity index (χ4v) is 4.06. The largest absolute Gasteiger partial charge is 0.337 e. The molecule has 1 unspecified atom stereocenters. The lowest BCUT2D eigenvalue weighted by Gasteiger charge is -2.27. The number of likely N-dealkylation sites (N-methyl/N-ethyl adjacent to an activating group) is 2. The zero-order valence-corrected chi connectivity index (χ0v) is 18.8. The molecule has 0 aliphatic heterocycles. The number of carbonyl (C=O) groups is 1. The third-order valence-corrected chi connectivity index (χ3v) is 6.37. The average Bonchev–Trinajstić information content (AvgIpc) is 2.74. The number of hydrogen-bond donors (Lipinski definition) is 1. The van der Waals surface area contributed by atoms with Crippen molar-refractivity contribution in [2.75, 3.05) is 64.7 Å². The van der Waals surface area contributed by atoms with E-state index in [9.17, 15) is 9.00 Å². The van der Waals surface area contributed by atoms with Gasteiger partial charge in [-0.2, -0.15) is 0 Å². The minimum atomic E-state index is -1.10. The van der Waals surface area contributed by atoms with Gasteiger partial charge in [0.2, 0.25) is 0 Å². The first kappa shape index (κ1) is 24.6. The first-order valence-electron chi connectivity index (χ1n) is 10.5. The molecule has 0 saturated heterocycles. The van der Waals surface area contributed by atoms with Crippen molar-refractivity contribution in [3.05, 3.63) is 30.3 Å². The van der Waals surface area contributed by atoms with Gasteiger partial charge in [0.25, 0.3) is 0 Å². The molecular formula is C21H38N4O2S. The third kappa shape index (κ3) is 9.17. The number of amides is 2. The van der Waals surface area contributed by atoms with Crippen LogP contribution in [0, 0.1) is 0 Å². The molecule has 0 heterocycles. The van der Waals surface area contributed by atoms with Crippen LogP contribution < -0.4 is 5.32 Å². The van der Waals surface area contributed by atoms with Crippen LogP contribution >= 0.6 is 0 Å². The summed E-state index contributed by atoms with van der Waals surface area (Å²) < 4.78 is 12.5. The minimum Gasteiger partial charge on any atom is -0.337 e. The van der Waals surface area contributed by atoms with Crippen molar-refractivity contribution in [2.45, 2.75) is 32.6 Å². The van der Waals surface area contributed by atoms with Gasteiger partial charge in [-0.25, -0.2) is 4.79 Å². The van der Waals surface area contributed by atoms with E-state index in [1.807, 2.05) is 30.3 Å². The Morgan fingerprint density at radius 1 is 0.857 bits per heavy atom. The Morgan fingerprint density at radius 2 is 1.43 bits per heavy atom. The van der Waals surface area contributed by atoms with Crippen LogP contribution in [0.5, 0.6) is 0 Å². The zero-order chi connectivity index (χ0) is 20.8. The minimum absolute atomic E-state index is 0.0654. The molecule has 1 N–H and O–H groups in total. The number of benzene rings is 1. The Hall–Kier alpha value is -1.44. The third-order valence-electron chi connectivity index (χ3n) is 5.02. The van der Waals surface area contributed by atoms with Crippen LogP contribution in [0.25, 0.3) is 0 Å². The number of nitrogens with one attached hydrogen (secondary N) is 1. The summed E-state index contributed by atoms with van der Waals surface area (Å²) in [6, 6.07) is 9.39. The Morgan fingerprint density at radius 3 is 2.00 bits per heavy atom. The number of carbonyl (C=O) groups excluding carboxylic acids is 1. The monoisotopic (exact) mass is 410 g/mol. The molecule has 1 atom stereocenters. The molecular weight excluding hydrogens is 372 g/mol. The van der Waals surface area contributed by atoms with Gasteiger partial charge in [-0.3, -0.25) is 4.21 Å². The standard InChI is InChI=1S/C21H38N4O2S/c1-5-23(6-2)15-14-22-21(26)25(17-16-24(7-3)8-4)18-19-28(27)20-12-10-9-11-13-20/h9-13H,5-8,14-19H2,1-4H3,(H,22,26). The highest BCUT2D eigenvalue weighted by Crippen LogP contribution is 2.06. The highest BCUT2D eigenvalue weighted by Gasteiger charge is 2.16. The van der Waals surface area contributed by atoms with E-state index in [1.165, 1.54) is 0 Å². The molecule has 160 valence electrons. The van der Waals surface area contributed by atoms with Gasteiger partial charge in [-0.1, -0.05) is 45.9 Å². The number of hydrogen-bond acceptors (Lipinski definition) is 4. The van der Waals surface area contributed by atoms with Crippen molar-refractivity contribution >= 4 is 16.8 Å². The molecule has 0 saturated carbocycles. The summed E-state index contributed by atoms with van der Waals surface area (Å²) in [5.41, 5.74) is 0. The molecule has 6 nitrogen and oxygen atoms in total. The lowest BCUT2D eigenvalue weighted by atomic mass is 10.4. The first-order chi connectivity index (χ1) is 13.5. The van der Waals surface area contributed by atoms with Gasteiger partial charge in [-0.15, -0.1) is 0 Å². The zero-order valence-electron chi connectivity index (χ0n) is 18.0. The predicted octanol–water partition coefficient (Wildman–Crippen LogP) is 2.49. The second kappa shape index (κ2) is 14.5. The predicted molar refractivity (Wildman–Crippen MR) is 118 cm³/mol. The molecule has 0 aliphatic carbocycles. The van der Waals surface area contributed by atoms with Crippen molar-refractivity contribution in [3.8, 4) is 0 Å². The first-order valence-corrected chi connectivity index (χ1v) is 11.8. The van der Waals surface area contributed by atoms with Gasteiger partial charge in [0.1, 0.15) is 0 Å². The molecule has 1 aromatic carbocycles. The fraction of sp³-hybridized carbons (Fsp3) is 0.667. The Kier molecular flexibility index (Phi) is 12.8. The summed E-state index contributed by atoms with van der Waals surface area (Å²) in [7, 11) is -1.10. The molecule has 0 bridgehead atoms. The van der Waals surface area contributed by atoms with Gasteiger partial charge < -0.3 is 20.0 Å². The van der Waals surface area contributed by atoms with Crippen LogP contribution in [-0.4, -0.2) is 89.6 Å². The highest BCUT2D eigenvalue weighted by atomic mass is 32.2. The van der Waals surface area contributed by atoms with Gasteiger partial charge in [-0.05, 0) is 38.3 Å². The maximum atomic E-state index is 12.7. The smallest absolute Gasteiger partial charge is 0.317 e. The maximum absolute atomic E-state index is 12.7. The van der Waals surface area contributed by atoms with Crippen molar-refractivity contribution in [1.29, 1.82) is 0 Å². The summed E-state index contributed by atoms with van der Waals surface area (Å²) in [5.74, 6) is 0.450. The van der Waals surface area contributed by atoms with Crippen LogP contribution in [0.15, 0.2) is 35.2 Å². The lowest BCUT2D eigenvalue weighted by molar-refractivity contribution is 0.186. The van der Waals surface area contributed by atoms with E-state index in [-0.39, 0.29) is 6.03 Å². The number of urea groups is 1. The van der Waals surface area contributed by atoms with E-state index in [0.29, 0.717) is 25.4 Å². The summed E-state index contributed by atoms with van der Waals surface area (Å²) >= 11 is 0. The van der Waals surface area contributed by atoms with Gasteiger partial charge >= 0.3 is 6.03 Å². The maximum Gasteiger partial charge on any atom is 0.317 e. The topological polar surface area (TPSA) is 55.9 Å². The molecule has 0 fully saturated rings. The quantitative estimate of drug-likeness (QED) is 0.512. The molecule has 0 aliphatic rings. The second-order valence-corrected chi connectivity index (χ2v) is 8.21. The summed E-state index contributed by atoms with van der Waals surface area (Å²) in [4.78, 5) is 19.9. The van der Waals surface area contributed by atoms with E-state index in [1.54, 1.807) is 4.90 Å². The summed E-state index contributed by atoms with van der Waals surface area (Å²) in [6.45, 7) is 15.8.